The van der Waals surface area contributed by atoms with E-state index < -0.39 is 17.8 Å². The van der Waals surface area contributed by atoms with Crippen LogP contribution >= 0.6 is 0 Å². The molecule has 0 aliphatic rings. The highest BCUT2D eigenvalue weighted by atomic mass is 19.1. The van der Waals surface area contributed by atoms with E-state index >= 15 is 0 Å². The van der Waals surface area contributed by atoms with Crippen LogP contribution in [-0.2, 0) is 21.3 Å². The molecule has 1 aromatic carbocycles. The smallest absolute Gasteiger partial charge is 0.355 e. The van der Waals surface area contributed by atoms with Crippen molar-refractivity contribution in [2.24, 2.45) is 7.05 Å². The number of nitrogens with zero attached hydrogens (tertiary/aromatic N) is 2. The first kappa shape index (κ1) is 17.5. The third-order valence-corrected chi connectivity index (χ3v) is 3.60. The fourth-order valence-corrected chi connectivity index (χ4v) is 2.61. The lowest BCUT2D eigenvalue weighted by Gasteiger charge is -2.12. The van der Waals surface area contributed by atoms with Gasteiger partial charge in [0.1, 0.15) is 11.5 Å². The zero-order valence-electron chi connectivity index (χ0n) is 14.2. The molecular weight excluding hydrogens is 315 g/mol. The summed E-state index contributed by atoms with van der Waals surface area (Å²) in [6.45, 7) is 0. The second-order valence-corrected chi connectivity index (χ2v) is 5.43. The average Bonchev–Trinajstić information content (AvgIpc) is 2.83. The van der Waals surface area contributed by atoms with Crippen molar-refractivity contribution in [3.63, 3.8) is 0 Å². The molecule has 0 fully saturated rings. The van der Waals surface area contributed by atoms with Crippen molar-refractivity contribution >= 4 is 28.4 Å². The number of hydrogen-bond donors (Lipinski definition) is 0. The van der Waals surface area contributed by atoms with Crippen LogP contribution in [0.25, 0.3) is 16.5 Å². The first-order chi connectivity index (χ1) is 11.3. The highest BCUT2D eigenvalue weighted by Crippen LogP contribution is 2.33. The van der Waals surface area contributed by atoms with Gasteiger partial charge in [0, 0.05) is 43.8 Å². The molecule has 7 heteroatoms. The number of carbonyl (C=O) groups is 2. The van der Waals surface area contributed by atoms with Crippen molar-refractivity contribution < 1.29 is 23.5 Å². The molecule has 0 unspecified atom stereocenters. The largest absolute Gasteiger partial charge is 0.465 e. The van der Waals surface area contributed by atoms with Gasteiger partial charge in [0.05, 0.1) is 19.8 Å². The standard InChI is InChI=1S/C17H19FN2O4/c1-19(2)9-12(16(21)23-4)14-11-8-10(18)6-7-13(11)20(3)15(14)17(22)24-5/h6-9H,1-5H3. The summed E-state index contributed by atoms with van der Waals surface area (Å²) in [5.74, 6) is -1.73. The normalized spacial score (nSPS) is 11.5. The van der Waals surface area contributed by atoms with Crippen LogP contribution in [0.3, 0.4) is 0 Å². The van der Waals surface area contributed by atoms with Crippen LogP contribution in [0, 0.1) is 5.82 Å². The fraction of sp³-hybridized carbons (Fsp3) is 0.294. The number of rotatable bonds is 4. The van der Waals surface area contributed by atoms with E-state index in [1.807, 2.05) is 0 Å². The van der Waals surface area contributed by atoms with Gasteiger partial charge in [0.25, 0.3) is 0 Å². The Morgan fingerprint density at radius 2 is 1.88 bits per heavy atom. The second kappa shape index (κ2) is 6.74. The minimum Gasteiger partial charge on any atom is -0.465 e. The van der Waals surface area contributed by atoms with Gasteiger partial charge in [-0.2, -0.15) is 0 Å². The monoisotopic (exact) mass is 334 g/mol. The number of methoxy groups -OCH3 is 2. The van der Waals surface area contributed by atoms with Crippen LogP contribution in [0.15, 0.2) is 24.4 Å². The van der Waals surface area contributed by atoms with Crippen LogP contribution in [0.1, 0.15) is 16.1 Å². The maximum Gasteiger partial charge on any atom is 0.355 e. The van der Waals surface area contributed by atoms with Crippen LogP contribution in [0.5, 0.6) is 0 Å². The predicted molar refractivity (Wildman–Crippen MR) is 87.9 cm³/mol. The zero-order valence-corrected chi connectivity index (χ0v) is 14.2. The number of carbonyl (C=O) groups excluding carboxylic acids is 2. The van der Waals surface area contributed by atoms with Crippen LogP contribution in [0.4, 0.5) is 4.39 Å². The SMILES string of the molecule is COC(=O)C(=CN(C)C)c1c(C(=O)OC)n(C)c2ccc(F)cc12. The number of fused-ring (bicyclic) bond motifs is 1. The lowest BCUT2D eigenvalue weighted by molar-refractivity contribution is -0.133. The van der Waals surface area contributed by atoms with Crippen molar-refractivity contribution in [2.75, 3.05) is 28.3 Å². The second-order valence-electron chi connectivity index (χ2n) is 5.43. The molecule has 0 aliphatic heterocycles. The summed E-state index contributed by atoms with van der Waals surface area (Å²) in [4.78, 5) is 26.2. The van der Waals surface area contributed by atoms with Gasteiger partial charge in [0.2, 0.25) is 0 Å². The molecule has 0 spiro atoms. The maximum absolute atomic E-state index is 13.8. The Bertz CT molecular complexity index is 837. The Balaban J connectivity index is 2.95. The molecule has 2 rings (SSSR count). The van der Waals surface area contributed by atoms with Crippen molar-refractivity contribution in [1.82, 2.24) is 9.47 Å². The number of hydrogen-bond acceptors (Lipinski definition) is 5. The lowest BCUT2D eigenvalue weighted by Crippen LogP contribution is -2.15. The summed E-state index contributed by atoms with van der Waals surface area (Å²) in [5, 5.41) is 0.427. The van der Waals surface area contributed by atoms with Crippen molar-refractivity contribution in [1.29, 1.82) is 0 Å². The Morgan fingerprint density at radius 3 is 2.42 bits per heavy atom. The molecule has 6 nitrogen and oxygen atoms in total. The molecule has 0 bridgehead atoms. The molecule has 0 saturated heterocycles. The van der Waals surface area contributed by atoms with Gasteiger partial charge in [0.15, 0.2) is 0 Å². The van der Waals surface area contributed by atoms with Gasteiger partial charge in [-0.05, 0) is 18.2 Å². The minimum atomic E-state index is -0.634. The summed E-state index contributed by atoms with van der Waals surface area (Å²) in [5.41, 5.74) is 1.16. The van der Waals surface area contributed by atoms with Crippen molar-refractivity contribution in [2.45, 2.75) is 0 Å². The molecular formula is C17H19FN2O4. The van der Waals surface area contributed by atoms with E-state index in [2.05, 4.69) is 0 Å². The molecule has 0 saturated carbocycles. The van der Waals surface area contributed by atoms with Crippen molar-refractivity contribution in [3.05, 3.63) is 41.5 Å². The van der Waals surface area contributed by atoms with E-state index in [-0.39, 0.29) is 16.8 Å². The molecule has 1 heterocycles. The Kier molecular flexibility index (Phi) is 4.92. The minimum absolute atomic E-state index is 0.138. The van der Waals surface area contributed by atoms with E-state index in [1.54, 1.807) is 36.7 Å². The van der Waals surface area contributed by atoms with E-state index in [9.17, 15) is 14.0 Å². The van der Waals surface area contributed by atoms with Gasteiger partial charge in [-0.25, -0.2) is 14.0 Å². The lowest BCUT2D eigenvalue weighted by atomic mass is 10.0. The van der Waals surface area contributed by atoms with E-state index in [0.717, 1.165) is 0 Å². The molecule has 1 aromatic heterocycles. The summed E-state index contributed by atoms with van der Waals surface area (Å²) in [7, 11) is 7.60. The van der Waals surface area contributed by atoms with Gasteiger partial charge < -0.3 is 18.9 Å². The van der Waals surface area contributed by atoms with Gasteiger partial charge >= 0.3 is 11.9 Å². The van der Waals surface area contributed by atoms with E-state index in [1.165, 1.54) is 32.6 Å². The molecule has 128 valence electrons. The molecule has 2 aromatic rings. The third kappa shape index (κ3) is 2.97. The molecule has 0 amide bonds. The first-order valence-corrected chi connectivity index (χ1v) is 7.15. The summed E-state index contributed by atoms with van der Waals surface area (Å²) >= 11 is 0. The predicted octanol–water partition coefficient (Wildman–Crippen LogP) is 2.18. The number of ether oxygens (including phenoxy) is 2. The van der Waals surface area contributed by atoms with E-state index in [4.69, 9.17) is 9.47 Å². The third-order valence-electron chi connectivity index (χ3n) is 3.60. The van der Waals surface area contributed by atoms with Crippen molar-refractivity contribution in [3.8, 4) is 0 Å². The number of esters is 2. The highest BCUT2D eigenvalue weighted by Gasteiger charge is 2.28. The molecule has 0 N–H and O–H groups in total. The van der Waals surface area contributed by atoms with Crippen LogP contribution in [-0.4, -0.2) is 49.7 Å². The number of aromatic nitrogens is 1. The van der Waals surface area contributed by atoms with Crippen LogP contribution < -0.4 is 0 Å². The highest BCUT2D eigenvalue weighted by molar-refractivity contribution is 6.23. The average molecular weight is 334 g/mol. The molecule has 0 radical (unpaired) electrons. The van der Waals surface area contributed by atoms with Gasteiger partial charge in [-0.3, -0.25) is 0 Å². The van der Waals surface area contributed by atoms with Gasteiger partial charge in [-0.1, -0.05) is 0 Å². The van der Waals surface area contributed by atoms with E-state index in [0.29, 0.717) is 10.9 Å². The first-order valence-electron chi connectivity index (χ1n) is 7.15. The Morgan fingerprint density at radius 1 is 1.21 bits per heavy atom. The summed E-state index contributed by atoms with van der Waals surface area (Å²) in [6.07, 6.45) is 1.53. The van der Waals surface area contributed by atoms with Crippen LogP contribution in [0.2, 0.25) is 0 Å². The van der Waals surface area contributed by atoms with Gasteiger partial charge in [-0.15, -0.1) is 0 Å². The molecule has 0 aliphatic carbocycles. The Hall–Kier alpha value is -2.83. The fourth-order valence-electron chi connectivity index (χ4n) is 2.61. The molecule has 0 atom stereocenters. The molecule has 24 heavy (non-hydrogen) atoms. The number of benzene rings is 1. The Labute approximate surface area is 139 Å². The zero-order chi connectivity index (χ0) is 18.0. The topological polar surface area (TPSA) is 60.8 Å². The quantitative estimate of drug-likeness (QED) is 0.633. The number of halogens is 1. The summed E-state index contributed by atoms with van der Waals surface area (Å²) < 4.78 is 25.0. The summed E-state index contributed by atoms with van der Waals surface area (Å²) in [6, 6.07) is 4.12. The number of aryl methyl sites for hydroxylation is 1. The maximum atomic E-state index is 13.8.